The molecule has 0 bridgehead atoms. The first-order valence-corrected chi connectivity index (χ1v) is 7.46. The van der Waals surface area contributed by atoms with Gasteiger partial charge in [0.1, 0.15) is 19.0 Å². The fourth-order valence-electron chi connectivity index (χ4n) is 1.48. The lowest BCUT2D eigenvalue weighted by Crippen LogP contribution is -2.12. The van der Waals surface area contributed by atoms with Crippen molar-refractivity contribution in [2.24, 2.45) is 0 Å². The Morgan fingerprint density at radius 2 is 2.00 bits per heavy atom. The van der Waals surface area contributed by atoms with Crippen LogP contribution >= 0.6 is 39.1 Å². The molecular formula is C14H10BrCl2NO3. The number of halogens is 3. The molecule has 0 N–H and O–H groups in total. The number of aromatic nitrogens is 1. The van der Waals surface area contributed by atoms with Crippen molar-refractivity contribution in [3.8, 4) is 5.75 Å². The maximum atomic E-state index is 11.7. The molecule has 0 radical (unpaired) electrons. The smallest absolute Gasteiger partial charge is 0.339 e. The molecule has 0 fully saturated rings. The highest BCUT2D eigenvalue weighted by molar-refractivity contribution is 9.10. The molecule has 0 atom stereocenters. The van der Waals surface area contributed by atoms with E-state index in [1.54, 1.807) is 30.5 Å². The molecule has 0 amide bonds. The van der Waals surface area contributed by atoms with Gasteiger partial charge >= 0.3 is 5.97 Å². The second-order valence-electron chi connectivity index (χ2n) is 3.95. The van der Waals surface area contributed by atoms with Gasteiger partial charge in [0.15, 0.2) is 0 Å². The van der Waals surface area contributed by atoms with Crippen LogP contribution < -0.4 is 4.74 Å². The van der Waals surface area contributed by atoms with E-state index in [1.807, 2.05) is 0 Å². The molecular weight excluding hydrogens is 381 g/mol. The van der Waals surface area contributed by atoms with Gasteiger partial charge in [-0.15, -0.1) is 0 Å². The predicted octanol–water partition coefficient (Wildman–Crippen LogP) is 4.39. The van der Waals surface area contributed by atoms with Gasteiger partial charge in [0.2, 0.25) is 0 Å². The molecule has 0 spiro atoms. The molecule has 0 aliphatic carbocycles. The standard InChI is InChI=1S/C14H10BrCl2NO3/c15-10-5-9(7-18-8-10)14(19)21-4-3-20-13-6-11(16)1-2-12(13)17/h1-2,5-8H,3-4H2. The van der Waals surface area contributed by atoms with Crippen molar-refractivity contribution in [1.82, 2.24) is 4.98 Å². The molecule has 0 saturated heterocycles. The molecule has 2 rings (SSSR count). The van der Waals surface area contributed by atoms with Crippen LogP contribution in [-0.4, -0.2) is 24.2 Å². The van der Waals surface area contributed by atoms with Crippen LogP contribution in [0.5, 0.6) is 5.75 Å². The van der Waals surface area contributed by atoms with Crippen LogP contribution in [-0.2, 0) is 4.74 Å². The molecule has 1 aromatic heterocycles. The Bertz CT molecular complexity index is 652. The third kappa shape index (κ3) is 4.88. The van der Waals surface area contributed by atoms with Gasteiger partial charge in [-0.2, -0.15) is 0 Å². The van der Waals surface area contributed by atoms with Gasteiger partial charge < -0.3 is 9.47 Å². The van der Waals surface area contributed by atoms with Crippen molar-refractivity contribution in [2.75, 3.05) is 13.2 Å². The molecule has 21 heavy (non-hydrogen) atoms. The summed E-state index contributed by atoms with van der Waals surface area (Å²) in [5, 5.41) is 0.966. The minimum Gasteiger partial charge on any atom is -0.488 e. The van der Waals surface area contributed by atoms with E-state index in [0.717, 1.165) is 0 Å². The molecule has 0 unspecified atom stereocenters. The van der Waals surface area contributed by atoms with Crippen molar-refractivity contribution in [2.45, 2.75) is 0 Å². The van der Waals surface area contributed by atoms with Crippen molar-refractivity contribution >= 4 is 45.1 Å². The van der Waals surface area contributed by atoms with E-state index in [2.05, 4.69) is 20.9 Å². The fraction of sp³-hybridized carbons (Fsp3) is 0.143. The first kappa shape index (κ1) is 16.1. The molecule has 2 aromatic rings. The SMILES string of the molecule is O=C(OCCOc1cc(Cl)ccc1Cl)c1cncc(Br)c1. The summed E-state index contributed by atoms with van der Waals surface area (Å²) in [6, 6.07) is 6.53. The summed E-state index contributed by atoms with van der Waals surface area (Å²) in [6.07, 6.45) is 3.02. The molecule has 0 aliphatic rings. The molecule has 1 aromatic carbocycles. The van der Waals surface area contributed by atoms with E-state index < -0.39 is 5.97 Å². The van der Waals surface area contributed by atoms with Gasteiger partial charge in [-0.1, -0.05) is 23.2 Å². The molecule has 0 aliphatic heterocycles. The van der Waals surface area contributed by atoms with Crippen LogP contribution in [0.4, 0.5) is 0 Å². The number of esters is 1. The fourth-order valence-corrected chi connectivity index (χ4v) is 2.18. The number of hydrogen-bond donors (Lipinski definition) is 0. The van der Waals surface area contributed by atoms with Crippen LogP contribution in [0.15, 0.2) is 41.1 Å². The van der Waals surface area contributed by atoms with E-state index >= 15 is 0 Å². The number of rotatable bonds is 5. The summed E-state index contributed by atoms with van der Waals surface area (Å²) in [7, 11) is 0. The van der Waals surface area contributed by atoms with Gasteiger partial charge in [-0.25, -0.2) is 4.79 Å². The van der Waals surface area contributed by atoms with Gasteiger partial charge in [0.05, 0.1) is 10.6 Å². The minimum absolute atomic E-state index is 0.0915. The second-order valence-corrected chi connectivity index (χ2v) is 5.71. The van der Waals surface area contributed by atoms with Crippen molar-refractivity contribution < 1.29 is 14.3 Å². The van der Waals surface area contributed by atoms with E-state index in [1.165, 1.54) is 6.20 Å². The van der Waals surface area contributed by atoms with Crippen LogP contribution in [0.2, 0.25) is 10.0 Å². The van der Waals surface area contributed by atoms with E-state index in [0.29, 0.717) is 25.8 Å². The maximum absolute atomic E-state index is 11.7. The van der Waals surface area contributed by atoms with Crippen LogP contribution in [0.25, 0.3) is 0 Å². The van der Waals surface area contributed by atoms with E-state index in [4.69, 9.17) is 32.7 Å². The Labute approximate surface area is 140 Å². The summed E-state index contributed by atoms with van der Waals surface area (Å²) in [5.41, 5.74) is 0.366. The first-order valence-electron chi connectivity index (χ1n) is 5.92. The highest BCUT2D eigenvalue weighted by Crippen LogP contribution is 2.27. The number of carbonyl (C=O) groups excluding carboxylic acids is 1. The summed E-state index contributed by atoms with van der Waals surface area (Å²) in [4.78, 5) is 15.6. The number of benzene rings is 1. The van der Waals surface area contributed by atoms with Gasteiger partial charge in [-0.3, -0.25) is 4.98 Å². The summed E-state index contributed by atoms with van der Waals surface area (Å²) >= 11 is 15.0. The lowest BCUT2D eigenvalue weighted by atomic mass is 10.3. The zero-order chi connectivity index (χ0) is 15.2. The number of pyridine rings is 1. The Morgan fingerprint density at radius 1 is 1.19 bits per heavy atom. The van der Waals surface area contributed by atoms with Crippen LogP contribution in [0, 0.1) is 0 Å². The van der Waals surface area contributed by atoms with E-state index in [-0.39, 0.29) is 13.2 Å². The Hall–Kier alpha value is -1.30. The maximum Gasteiger partial charge on any atom is 0.339 e. The summed E-state index contributed by atoms with van der Waals surface area (Å²) in [6.45, 7) is 0.265. The average molecular weight is 391 g/mol. The van der Waals surface area contributed by atoms with E-state index in [9.17, 15) is 4.79 Å². The zero-order valence-electron chi connectivity index (χ0n) is 10.7. The zero-order valence-corrected chi connectivity index (χ0v) is 13.8. The third-order valence-electron chi connectivity index (χ3n) is 2.41. The van der Waals surface area contributed by atoms with Crippen LogP contribution in [0.3, 0.4) is 0 Å². The quantitative estimate of drug-likeness (QED) is 0.561. The second kappa shape index (κ2) is 7.64. The average Bonchev–Trinajstić information content (AvgIpc) is 2.46. The Kier molecular flexibility index (Phi) is 5.85. The number of nitrogens with zero attached hydrogens (tertiary/aromatic N) is 1. The van der Waals surface area contributed by atoms with Crippen molar-refractivity contribution in [1.29, 1.82) is 0 Å². The third-order valence-corrected chi connectivity index (χ3v) is 3.39. The number of hydrogen-bond acceptors (Lipinski definition) is 4. The Balaban J connectivity index is 1.82. The topological polar surface area (TPSA) is 48.4 Å². The Morgan fingerprint density at radius 3 is 2.76 bits per heavy atom. The molecule has 4 nitrogen and oxygen atoms in total. The summed E-state index contributed by atoms with van der Waals surface area (Å²) in [5.74, 6) is -0.0195. The normalized spacial score (nSPS) is 10.2. The lowest BCUT2D eigenvalue weighted by Gasteiger charge is -2.09. The first-order chi connectivity index (χ1) is 10.1. The monoisotopic (exact) mass is 389 g/mol. The minimum atomic E-state index is -0.468. The van der Waals surface area contributed by atoms with Gasteiger partial charge in [-0.05, 0) is 34.1 Å². The molecule has 0 saturated carbocycles. The summed E-state index contributed by atoms with van der Waals surface area (Å²) < 4.78 is 11.2. The van der Waals surface area contributed by atoms with Gasteiger partial charge in [0.25, 0.3) is 0 Å². The largest absolute Gasteiger partial charge is 0.488 e. The van der Waals surface area contributed by atoms with Crippen molar-refractivity contribution in [3.05, 3.63) is 56.7 Å². The lowest BCUT2D eigenvalue weighted by molar-refractivity contribution is 0.0450. The molecule has 7 heteroatoms. The van der Waals surface area contributed by atoms with Crippen molar-refractivity contribution in [3.63, 3.8) is 0 Å². The highest BCUT2D eigenvalue weighted by Gasteiger charge is 2.08. The molecule has 110 valence electrons. The van der Waals surface area contributed by atoms with Gasteiger partial charge in [0, 0.05) is 28.0 Å². The highest BCUT2D eigenvalue weighted by atomic mass is 79.9. The molecule has 1 heterocycles. The number of ether oxygens (including phenoxy) is 2. The predicted molar refractivity (Wildman–Crippen MR) is 84.2 cm³/mol. The number of carbonyl (C=O) groups is 1. The van der Waals surface area contributed by atoms with Crippen LogP contribution in [0.1, 0.15) is 10.4 Å².